The molecule has 0 aromatic carbocycles. The molecular formula is C7H17O7P. The van der Waals surface area contributed by atoms with Gasteiger partial charge in [0.25, 0.3) is 0 Å². The number of rotatable bonds is 10. The van der Waals surface area contributed by atoms with Crippen molar-refractivity contribution in [3.63, 3.8) is 0 Å². The average Bonchev–Trinajstić information content (AvgIpc) is 2.24. The average molecular weight is 244 g/mol. The molecule has 0 bridgehead atoms. The summed E-state index contributed by atoms with van der Waals surface area (Å²) in [5.41, 5.74) is 0. The molecular weight excluding hydrogens is 227 g/mol. The molecule has 0 aliphatic rings. The molecule has 3 N–H and O–H groups in total. The van der Waals surface area contributed by atoms with Crippen LogP contribution in [-0.4, -0.2) is 61.2 Å². The Labute approximate surface area is 87.9 Å². The Bertz CT molecular complexity index is 174. The second-order valence-electron chi connectivity index (χ2n) is 2.74. The van der Waals surface area contributed by atoms with Crippen molar-refractivity contribution in [3.8, 4) is 0 Å². The Morgan fingerprint density at radius 3 is 1.73 bits per heavy atom. The van der Waals surface area contributed by atoms with Crippen molar-refractivity contribution in [2.75, 3.05) is 45.8 Å². The van der Waals surface area contributed by atoms with Crippen LogP contribution in [0.1, 0.15) is 0 Å². The minimum Gasteiger partial charge on any atom is -0.394 e. The maximum Gasteiger partial charge on any atom is 0.161 e. The molecule has 0 aromatic heterocycles. The van der Waals surface area contributed by atoms with E-state index >= 15 is 0 Å². The van der Waals surface area contributed by atoms with Crippen molar-refractivity contribution in [1.29, 1.82) is 0 Å². The van der Waals surface area contributed by atoms with Gasteiger partial charge in [-0.1, -0.05) is 0 Å². The lowest BCUT2D eigenvalue weighted by atomic mass is 10.8. The van der Waals surface area contributed by atoms with Gasteiger partial charge in [0.15, 0.2) is 7.14 Å². The summed E-state index contributed by atoms with van der Waals surface area (Å²) in [4.78, 5) is 0. The van der Waals surface area contributed by atoms with Crippen LogP contribution in [0.2, 0.25) is 0 Å². The zero-order valence-corrected chi connectivity index (χ0v) is 9.27. The summed E-state index contributed by atoms with van der Waals surface area (Å²) in [6, 6.07) is 0. The topological polar surface area (TPSA) is 105 Å². The van der Waals surface area contributed by atoms with E-state index in [0.29, 0.717) is 0 Å². The van der Waals surface area contributed by atoms with Gasteiger partial charge in [-0.05, 0) is 0 Å². The van der Waals surface area contributed by atoms with Gasteiger partial charge in [-0.3, -0.25) is 0 Å². The fourth-order valence-corrected chi connectivity index (χ4v) is 2.34. The molecule has 0 aliphatic heterocycles. The first-order chi connectivity index (χ1) is 7.18. The molecule has 0 atom stereocenters. The minimum absolute atomic E-state index is 0.0717. The van der Waals surface area contributed by atoms with Crippen LogP contribution in [-0.2, 0) is 18.8 Å². The lowest BCUT2D eigenvalue weighted by Crippen LogP contribution is -2.10. The van der Waals surface area contributed by atoms with Gasteiger partial charge in [-0.2, -0.15) is 0 Å². The molecule has 0 fully saturated rings. The highest BCUT2D eigenvalue weighted by molar-refractivity contribution is 7.63. The van der Waals surface area contributed by atoms with Gasteiger partial charge < -0.3 is 34.1 Å². The first kappa shape index (κ1) is 15.0. The molecule has 0 amide bonds. The smallest absolute Gasteiger partial charge is 0.161 e. The largest absolute Gasteiger partial charge is 0.394 e. The predicted octanol–water partition coefficient (Wildman–Crippen LogP) is -0.836. The van der Waals surface area contributed by atoms with Crippen molar-refractivity contribution in [3.05, 3.63) is 0 Å². The summed E-state index contributed by atoms with van der Waals surface area (Å²) in [6.45, 7) is -1.17. The highest BCUT2D eigenvalue weighted by Crippen LogP contribution is 2.45. The summed E-state index contributed by atoms with van der Waals surface area (Å²) in [5.74, 6) is 0. The van der Waals surface area contributed by atoms with Gasteiger partial charge in [0.1, 0.15) is 32.6 Å². The van der Waals surface area contributed by atoms with Gasteiger partial charge in [0.2, 0.25) is 0 Å². The van der Waals surface area contributed by atoms with E-state index in [-0.39, 0.29) is 32.3 Å². The first-order valence-corrected chi connectivity index (χ1v) is 6.57. The maximum absolute atomic E-state index is 11.9. The fourth-order valence-electron chi connectivity index (χ4n) is 0.822. The van der Waals surface area contributed by atoms with E-state index in [4.69, 9.17) is 20.1 Å². The molecule has 0 saturated heterocycles. The van der Waals surface area contributed by atoms with Gasteiger partial charge in [-0.25, -0.2) is 0 Å². The Hall–Kier alpha value is -0.0100. The van der Waals surface area contributed by atoms with Crippen LogP contribution < -0.4 is 0 Å². The van der Waals surface area contributed by atoms with Crippen LogP contribution in [0.4, 0.5) is 0 Å². The van der Waals surface area contributed by atoms with Gasteiger partial charge in [0.05, 0.1) is 13.2 Å². The Balaban J connectivity index is 3.96. The molecule has 0 aliphatic carbocycles. The summed E-state index contributed by atoms with van der Waals surface area (Å²) >= 11 is 0. The van der Waals surface area contributed by atoms with E-state index in [0.717, 1.165) is 0 Å². The molecule has 15 heavy (non-hydrogen) atoms. The Morgan fingerprint density at radius 2 is 1.33 bits per heavy atom. The third kappa shape index (κ3) is 7.87. The molecule has 92 valence electrons. The van der Waals surface area contributed by atoms with Crippen LogP contribution in [0, 0.1) is 0 Å². The molecule has 8 heteroatoms. The molecule has 0 spiro atoms. The predicted molar refractivity (Wildman–Crippen MR) is 51.6 cm³/mol. The molecule has 0 aromatic rings. The van der Waals surface area contributed by atoms with E-state index < -0.39 is 20.7 Å². The molecule has 0 heterocycles. The lowest BCUT2D eigenvalue weighted by Gasteiger charge is -2.17. The van der Waals surface area contributed by atoms with E-state index in [1.165, 1.54) is 0 Å². The first-order valence-electron chi connectivity index (χ1n) is 4.31. The Kier molecular flexibility index (Phi) is 9.23. The second-order valence-corrected chi connectivity index (χ2v) is 5.63. The number of hydrogen-bond donors (Lipinski definition) is 3. The second kappa shape index (κ2) is 9.23. The summed E-state index contributed by atoms with van der Waals surface area (Å²) in [7, 11) is -2.88. The molecule has 0 unspecified atom stereocenters. The Morgan fingerprint density at radius 1 is 0.867 bits per heavy atom. The fraction of sp³-hybridized carbons (Fsp3) is 1.00. The summed E-state index contributed by atoms with van der Waals surface area (Å²) < 4.78 is 26.1. The zero-order valence-electron chi connectivity index (χ0n) is 8.37. The lowest BCUT2D eigenvalue weighted by molar-refractivity contribution is 0.00706. The van der Waals surface area contributed by atoms with Gasteiger partial charge >= 0.3 is 0 Å². The SMILES string of the molecule is O=P(COCO)(COCO)COCCO. The van der Waals surface area contributed by atoms with E-state index in [9.17, 15) is 4.57 Å². The molecule has 0 radical (unpaired) electrons. The highest BCUT2D eigenvalue weighted by atomic mass is 31.2. The minimum atomic E-state index is -2.88. The van der Waals surface area contributed by atoms with Crippen molar-refractivity contribution in [2.24, 2.45) is 0 Å². The van der Waals surface area contributed by atoms with Crippen LogP contribution in [0.25, 0.3) is 0 Å². The van der Waals surface area contributed by atoms with E-state index in [1.54, 1.807) is 0 Å². The van der Waals surface area contributed by atoms with Gasteiger partial charge in [-0.15, -0.1) is 0 Å². The third-order valence-electron chi connectivity index (χ3n) is 1.40. The number of aliphatic hydroxyl groups is 3. The van der Waals surface area contributed by atoms with Crippen molar-refractivity contribution in [1.82, 2.24) is 0 Å². The summed E-state index contributed by atoms with van der Waals surface area (Å²) in [5, 5.41) is 25.3. The summed E-state index contributed by atoms with van der Waals surface area (Å²) in [6.07, 6.45) is -0.489. The van der Waals surface area contributed by atoms with Crippen LogP contribution >= 0.6 is 7.14 Å². The van der Waals surface area contributed by atoms with Crippen molar-refractivity contribution >= 4 is 7.14 Å². The van der Waals surface area contributed by atoms with Crippen molar-refractivity contribution in [2.45, 2.75) is 0 Å². The van der Waals surface area contributed by atoms with Gasteiger partial charge in [0, 0.05) is 0 Å². The van der Waals surface area contributed by atoms with Crippen LogP contribution in [0.3, 0.4) is 0 Å². The van der Waals surface area contributed by atoms with E-state index in [2.05, 4.69) is 9.47 Å². The molecule has 0 saturated carbocycles. The maximum atomic E-state index is 11.9. The number of ether oxygens (including phenoxy) is 3. The van der Waals surface area contributed by atoms with E-state index in [1.807, 2.05) is 0 Å². The zero-order chi connectivity index (χ0) is 11.6. The molecule has 0 rings (SSSR count). The quantitative estimate of drug-likeness (QED) is 0.261. The van der Waals surface area contributed by atoms with Crippen molar-refractivity contribution < 1.29 is 34.1 Å². The monoisotopic (exact) mass is 244 g/mol. The number of hydrogen-bond acceptors (Lipinski definition) is 7. The van der Waals surface area contributed by atoms with Crippen LogP contribution in [0.5, 0.6) is 0 Å². The van der Waals surface area contributed by atoms with Crippen LogP contribution in [0.15, 0.2) is 0 Å². The standard InChI is InChI=1S/C7H17O7P/c8-1-2-12-5-15(11,6-13-3-9)7-14-4-10/h8-10H,1-7H2. The normalized spacial score (nSPS) is 11.9. The molecule has 7 nitrogen and oxygen atoms in total. The number of aliphatic hydroxyl groups excluding tert-OH is 3. The third-order valence-corrected chi connectivity index (χ3v) is 3.36. The highest BCUT2D eigenvalue weighted by Gasteiger charge is 2.23.